The first-order chi connectivity index (χ1) is 33.5. The van der Waals surface area contributed by atoms with Gasteiger partial charge in [-0.3, -0.25) is 9.59 Å². The minimum atomic E-state index is -2.00. The fourth-order valence-electron chi connectivity index (χ4n) is 10.5. The van der Waals surface area contributed by atoms with Gasteiger partial charge in [0.15, 0.2) is 0 Å². The highest BCUT2D eigenvalue weighted by atomic mass is 32.1. The van der Waals surface area contributed by atoms with Crippen molar-refractivity contribution in [2.24, 2.45) is 11.3 Å². The van der Waals surface area contributed by atoms with Crippen molar-refractivity contribution in [1.29, 1.82) is 0 Å². The van der Waals surface area contributed by atoms with E-state index < -0.39 is 17.7 Å². The number of carbonyl (C=O) groups is 2. The minimum absolute atomic E-state index is 0.0628. The first-order valence-corrected chi connectivity index (χ1v) is 25.2. The molecule has 2 saturated carbocycles. The zero-order chi connectivity index (χ0) is 47.8. The number of phenolic OH excluding ortho intramolecular Hbond substituents is 1. The molecule has 6 N–H and O–H groups in total. The van der Waals surface area contributed by atoms with E-state index >= 15 is 0 Å². The highest BCUT2D eigenvalue weighted by molar-refractivity contribution is 7.15. The molecule has 0 bridgehead atoms. The van der Waals surface area contributed by atoms with E-state index in [-0.39, 0.29) is 35.4 Å². The number of aryl methyl sites for hydroxylation is 1. The molecule has 1 amide bonds. The maximum atomic E-state index is 14.3. The number of H-pyrrole nitrogens is 1. The Bertz CT molecular complexity index is 2900. The number of aromatic nitrogens is 1. The lowest BCUT2D eigenvalue weighted by atomic mass is 9.62. The number of phenols is 1. The molecule has 2 aromatic heterocycles. The third-order valence-corrected chi connectivity index (χ3v) is 15.8. The van der Waals surface area contributed by atoms with Gasteiger partial charge in [0.05, 0.1) is 18.2 Å². The lowest BCUT2D eigenvalue weighted by molar-refractivity contribution is -0.171. The van der Waals surface area contributed by atoms with E-state index in [4.69, 9.17) is 4.74 Å². The molecule has 2 aliphatic carbocycles. The van der Waals surface area contributed by atoms with Gasteiger partial charge in [-0.25, -0.2) is 4.79 Å². The van der Waals surface area contributed by atoms with Gasteiger partial charge in [0.1, 0.15) is 11.9 Å². The van der Waals surface area contributed by atoms with Gasteiger partial charge in [0, 0.05) is 45.4 Å². The Morgan fingerprint density at radius 1 is 0.768 bits per heavy atom. The van der Waals surface area contributed by atoms with E-state index in [1.165, 1.54) is 67.6 Å². The van der Waals surface area contributed by atoms with Crippen molar-refractivity contribution in [3.05, 3.63) is 194 Å². The molecule has 0 radical (unpaired) electrons. The SMILES string of the molecule is O=C(NCc1ccc(-c2cccc([C@](O)(C(=O)OC3CCC4(CCC(CCCc5ccccc5)CC4)CC3)c3ccccc3)c2)s1)c1ccc(CNC[C@H](O)c2ccc(O)c3[nH]c(=O)ccc23)cc1. The molecule has 7 aromatic rings. The molecule has 10 nitrogen and oxygen atoms in total. The number of aromatic hydroxyl groups is 1. The summed E-state index contributed by atoms with van der Waals surface area (Å²) >= 11 is 1.53. The van der Waals surface area contributed by atoms with Crippen LogP contribution in [0.5, 0.6) is 5.75 Å². The number of carbonyl (C=O) groups excluding carboxylic acids is 2. The number of amides is 1. The van der Waals surface area contributed by atoms with Crippen LogP contribution < -0.4 is 16.2 Å². The Balaban J connectivity index is 0.768. The quantitative estimate of drug-likeness (QED) is 0.0492. The highest BCUT2D eigenvalue weighted by Gasteiger charge is 2.45. The molecule has 0 aliphatic heterocycles. The summed E-state index contributed by atoms with van der Waals surface area (Å²) in [5, 5.41) is 40.4. The lowest BCUT2D eigenvalue weighted by Gasteiger charge is -2.45. The van der Waals surface area contributed by atoms with Crippen molar-refractivity contribution in [2.45, 2.75) is 102 Å². The number of thiophene rings is 1. The first kappa shape index (κ1) is 47.7. The molecule has 69 heavy (non-hydrogen) atoms. The number of hydrogen-bond acceptors (Lipinski definition) is 9. The van der Waals surface area contributed by atoms with Crippen LogP contribution in [0.2, 0.25) is 0 Å². The van der Waals surface area contributed by atoms with E-state index in [1.807, 2.05) is 60.7 Å². The smallest absolute Gasteiger partial charge is 0.347 e. The van der Waals surface area contributed by atoms with Crippen LogP contribution in [0.1, 0.15) is 113 Å². The summed E-state index contributed by atoms with van der Waals surface area (Å²) in [5.74, 6) is -0.123. The number of esters is 1. The van der Waals surface area contributed by atoms with Crippen molar-refractivity contribution >= 4 is 34.1 Å². The summed E-state index contributed by atoms with van der Waals surface area (Å²) < 4.78 is 6.27. The van der Waals surface area contributed by atoms with Crippen LogP contribution in [0.25, 0.3) is 21.3 Å². The number of fused-ring (bicyclic) bond motifs is 1. The molecule has 356 valence electrons. The summed E-state index contributed by atoms with van der Waals surface area (Å²) in [6.45, 7) is 1.00. The number of aromatic amines is 1. The molecule has 2 heterocycles. The van der Waals surface area contributed by atoms with Crippen molar-refractivity contribution in [3.63, 3.8) is 0 Å². The third-order valence-electron chi connectivity index (χ3n) is 14.6. The Labute approximate surface area is 407 Å². The van der Waals surface area contributed by atoms with E-state index in [0.717, 1.165) is 58.9 Å². The van der Waals surface area contributed by atoms with Crippen molar-refractivity contribution in [3.8, 4) is 16.2 Å². The molecule has 9 rings (SSSR count). The zero-order valence-electron chi connectivity index (χ0n) is 38.9. The second-order valence-electron chi connectivity index (χ2n) is 19.2. The Morgan fingerprint density at radius 2 is 1.48 bits per heavy atom. The minimum Gasteiger partial charge on any atom is -0.506 e. The number of hydrogen-bond donors (Lipinski definition) is 6. The summed E-state index contributed by atoms with van der Waals surface area (Å²) in [7, 11) is 0. The van der Waals surface area contributed by atoms with Gasteiger partial charge in [-0.2, -0.15) is 0 Å². The summed E-state index contributed by atoms with van der Waals surface area (Å²) in [6, 6.07) is 44.6. The zero-order valence-corrected chi connectivity index (χ0v) is 39.7. The average molecular weight is 944 g/mol. The van der Waals surface area contributed by atoms with Gasteiger partial charge in [0.2, 0.25) is 11.2 Å². The Morgan fingerprint density at radius 3 is 2.23 bits per heavy atom. The highest BCUT2D eigenvalue weighted by Crippen LogP contribution is 2.50. The van der Waals surface area contributed by atoms with Crippen LogP contribution in [0, 0.1) is 11.3 Å². The van der Waals surface area contributed by atoms with Crippen LogP contribution >= 0.6 is 11.3 Å². The lowest BCUT2D eigenvalue weighted by Crippen LogP contribution is -2.42. The van der Waals surface area contributed by atoms with Crippen LogP contribution in [0.3, 0.4) is 0 Å². The van der Waals surface area contributed by atoms with Gasteiger partial charge < -0.3 is 35.7 Å². The number of nitrogens with one attached hydrogen (secondary N) is 3. The molecule has 2 fully saturated rings. The predicted octanol–water partition coefficient (Wildman–Crippen LogP) is 10.6. The van der Waals surface area contributed by atoms with Gasteiger partial charge in [0.25, 0.3) is 5.91 Å². The molecule has 0 unspecified atom stereocenters. The van der Waals surface area contributed by atoms with E-state index in [9.17, 15) is 29.7 Å². The van der Waals surface area contributed by atoms with Crippen LogP contribution in [-0.2, 0) is 34.6 Å². The van der Waals surface area contributed by atoms with Crippen LogP contribution in [0.15, 0.2) is 150 Å². The number of aliphatic hydroxyl groups excluding tert-OH is 1. The molecule has 5 aromatic carbocycles. The second-order valence-corrected chi connectivity index (χ2v) is 20.3. The van der Waals surface area contributed by atoms with Gasteiger partial charge in [-0.1, -0.05) is 103 Å². The number of benzene rings is 5. The molecule has 2 aliphatic rings. The molecule has 1 spiro atoms. The number of aliphatic hydroxyl groups is 2. The topological polar surface area (TPSA) is 161 Å². The normalized spacial score (nSPS) is 19.4. The van der Waals surface area contributed by atoms with Gasteiger partial charge in [-0.15, -0.1) is 11.3 Å². The van der Waals surface area contributed by atoms with Gasteiger partial charge >= 0.3 is 5.97 Å². The van der Waals surface area contributed by atoms with Crippen LogP contribution in [-0.4, -0.2) is 44.8 Å². The Hall–Kier alpha value is -6.37. The number of pyridine rings is 1. The number of rotatable bonds is 17. The molecular formula is C58H61N3O7S. The average Bonchev–Trinajstić information content (AvgIpc) is 3.87. The van der Waals surface area contributed by atoms with Crippen molar-refractivity contribution in [2.75, 3.05) is 6.54 Å². The molecule has 2 atom stereocenters. The molecule has 11 heteroatoms. The second kappa shape index (κ2) is 21.5. The fraction of sp³-hybridized carbons (Fsp3) is 0.328. The Kier molecular flexibility index (Phi) is 14.9. The third kappa shape index (κ3) is 11.2. The van der Waals surface area contributed by atoms with E-state index in [0.29, 0.717) is 46.1 Å². The summed E-state index contributed by atoms with van der Waals surface area (Å²) in [5.41, 5.74) is 3.47. The summed E-state index contributed by atoms with van der Waals surface area (Å²) in [4.78, 5) is 43.8. The van der Waals surface area contributed by atoms with E-state index in [2.05, 4.69) is 45.9 Å². The van der Waals surface area contributed by atoms with E-state index in [1.54, 1.807) is 42.5 Å². The maximum absolute atomic E-state index is 14.3. The molecule has 0 saturated heterocycles. The van der Waals surface area contributed by atoms with Crippen molar-refractivity contribution in [1.82, 2.24) is 15.6 Å². The largest absolute Gasteiger partial charge is 0.506 e. The number of ether oxygens (including phenoxy) is 1. The monoisotopic (exact) mass is 943 g/mol. The maximum Gasteiger partial charge on any atom is 0.347 e. The van der Waals surface area contributed by atoms with Crippen molar-refractivity contribution < 1.29 is 29.6 Å². The first-order valence-electron chi connectivity index (χ1n) is 24.4. The fourth-order valence-corrected chi connectivity index (χ4v) is 11.5. The summed E-state index contributed by atoms with van der Waals surface area (Å²) in [6.07, 6.45) is 11.3. The van der Waals surface area contributed by atoms with Gasteiger partial charge in [-0.05, 0) is 146 Å². The van der Waals surface area contributed by atoms with Crippen LogP contribution in [0.4, 0.5) is 0 Å². The predicted molar refractivity (Wildman–Crippen MR) is 272 cm³/mol. The molecular weight excluding hydrogens is 883 g/mol. The standard InChI is InChI=1S/C58H61N3O7S/c62-50-24-22-48(49-23-26-53(64)61-54(49)50)51(63)38-59-36-41-17-19-42(20-18-41)55(65)60-37-47-21-25-52(69-47)43-13-8-16-45(35-43)58(67,44-14-5-2-6-15-44)56(66)68-46-29-33-57(34-30-46)31-27-40(28-32-57)12-7-11-39-9-3-1-4-10-39/h1-6,8-10,13-26,35,40,46,51,59,62-63,67H,7,11-12,27-34,36-38H2,(H,60,65)(H,61,64)/t40?,46?,51-,57?,58-/m0/s1.